The van der Waals surface area contributed by atoms with Crippen LogP contribution in [0.5, 0.6) is 23.0 Å². The molecule has 356 valence electrons. The summed E-state index contributed by atoms with van der Waals surface area (Å²) in [5, 5.41) is 8.36. The first kappa shape index (κ1) is 49.5. The third-order valence-corrected chi connectivity index (χ3v) is 11.5. The van der Waals surface area contributed by atoms with E-state index in [4.69, 9.17) is 15.2 Å². The number of likely N-dealkylation sites (tertiary alicyclic amines) is 2. The lowest BCUT2D eigenvalue weighted by Crippen LogP contribution is -2.41. The van der Waals surface area contributed by atoms with Gasteiger partial charge in [0.25, 0.3) is 0 Å². The summed E-state index contributed by atoms with van der Waals surface area (Å²) in [5.74, 6) is 2.95. The van der Waals surface area contributed by atoms with Crippen LogP contribution in [0.25, 0.3) is 11.0 Å². The molecular formula is C52H54F2N10O4S. The van der Waals surface area contributed by atoms with Gasteiger partial charge < -0.3 is 30.4 Å². The molecule has 9 rings (SSSR count). The Hall–Kier alpha value is -7.43. The summed E-state index contributed by atoms with van der Waals surface area (Å²) in [6, 6.07) is 27.9. The van der Waals surface area contributed by atoms with E-state index in [9.17, 15) is 18.4 Å². The number of anilines is 4. The van der Waals surface area contributed by atoms with Gasteiger partial charge in [0.15, 0.2) is 11.6 Å². The lowest BCUT2D eigenvalue weighted by molar-refractivity contribution is -0.121. The summed E-state index contributed by atoms with van der Waals surface area (Å²) < 4.78 is 40.5. The van der Waals surface area contributed by atoms with Gasteiger partial charge in [-0.1, -0.05) is 12.1 Å². The van der Waals surface area contributed by atoms with E-state index in [-0.39, 0.29) is 23.2 Å². The van der Waals surface area contributed by atoms with E-state index in [1.807, 2.05) is 55.1 Å². The second-order valence-electron chi connectivity index (χ2n) is 16.7. The van der Waals surface area contributed by atoms with Gasteiger partial charge in [0.2, 0.25) is 5.95 Å². The van der Waals surface area contributed by atoms with Crippen molar-refractivity contribution >= 4 is 68.7 Å². The number of thiocarbonyl (C=S) groups is 1. The van der Waals surface area contributed by atoms with Gasteiger partial charge in [-0.15, -0.1) is 0 Å². The van der Waals surface area contributed by atoms with Crippen molar-refractivity contribution in [3.63, 3.8) is 0 Å². The number of nitrogens with zero attached hydrogens (tertiary/aromatic N) is 7. The van der Waals surface area contributed by atoms with Crippen LogP contribution in [0.4, 0.5) is 37.5 Å². The van der Waals surface area contributed by atoms with E-state index in [2.05, 4.69) is 57.8 Å². The van der Waals surface area contributed by atoms with Crippen molar-refractivity contribution in [1.82, 2.24) is 29.3 Å². The third-order valence-electron chi connectivity index (χ3n) is 11.4. The number of hydrogen-bond acceptors (Lipinski definition) is 14. The number of pyridine rings is 2. The molecule has 2 fully saturated rings. The number of nitrogens with one attached hydrogen (secondary N) is 2. The molecular weight excluding hydrogens is 899 g/mol. The Kier molecular flexibility index (Phi) is 16.9. The van der Waals surface area contributed by atoms with Gasteiger partial charge in [-0.2, -0.15) is 4.99 Å². The number of carbonyl (C=O) groups is 2. The maximum atomic E-state index is 13.9. The Morgan fingerprint density at radius 1 is 0.739 bits per heavy atom. The standard InChI is InChI=1S/C26H26FN5O2.C18H22N4O2.C8H6FNS/c1-17-4-5-18(14-23(17)27)29-26-30-24-15-21(6-7-25(24)31(26)2)34-22-8-9-28-19(13-22)12-20(33)16-32-10-3-11-32;1-20-18-4-3-15(11-17(18)19)24-16-5-6-21-13(10-16)9-14(23)12-22-7-2-8-22;1-6-2-3-7(10-5-11)4-8(6)9/h4-9,13-15H,3,10-12,16H2,1-2H3,(H,29,30);3-6,10-11,20H,2,7-9,12,19H2,1H3;2-4H,1H3. The molecule has 0 radical (unpaired) electrons. The van der Waals surface area contributed by atoms with Gasteiger partial charge >= 0.3 is 0 Å². The highest BCUT2D eigenvalue weighted by Gasteiger charge is 2.19. The third kappa shape index (κ3) is 14.1. The number of nitrogens with two attached hydrogens (primary N) is 1. The fraction of sp³-hybridized carbons (Fsp3) is 0.269. The van der Waals surface area contributed by atoms with E-state index in [0.717, 1.165) is 55.0 Å². The van der Waals surface area contributed by atoms with Crippen LogP contribution >= 0.6 is 12.2 Å². The van der Waals surface area contributed by atoms with Crippen LogP contribution in [0.1, 0.15) is 35.4 Å². The number of ether oxygens (including phenoxy) is 2. The van der Waals surface area contributed by atoms with Crippen LogP contribution in [0.15, 0.2) is 114 Å². The highest BCUT2D eigenvalue weighted by atomic mass is 32.1. The number of rotatable bonds is 16. The predicted octanol–water partition coefficient (Wildman–Crippen LogP) is 9.95. The van der Waals surface area contributed by atoms with E-state index in [0.29, 0.717) is 88.8 Å². The van der Waals surface area contributed by atoms with Gasteiger partial charge in [0.1, 0.15) is 34.6 Å². The van der Waals surface area contributed by atoms with Crippen molar-refractivity contribution < 1.29 is 27.8 Å². The average Bonchev–Trinajstić information content (AvgIpc) is 3.60. The number of imidazole rings is 1. The number of aryl methyl sites for hydroxylation is 3. The maximum Gasteiger partial charge on any atom is 0.208 e. The number of Topliss-reactive ketones (excluding diaryl/α,β-unsaturated/α-hetero) is 2. The Morgan fingerprint density at radius 3 is 1.81 bits per heavy atom. The minimum atomic E-state index is -0.267. The van der Waals surface area contributed by atoms with Crippen LogP contribution in [0, 0.1) is 25.5 Å². The van der Waals surface area contributed by atoms with Crippen LogP contribution < -0.4 is 25.8 Å². The first-order valence-electron chi connectivity index (χ1n) is 22.5. The SMILES string of the molecule is CNc1ccc(Oc2ccnc(CC(=O)CN3CCC3)c2)cc1N.Cc1ccc(N=C=S)cc1F.Cc1ccc(Nc2nc3cc(Oc4ccnc(CC(=O)CN5CCC5)c4)ccc3n2C)cc1F. The summed E-state index contributed by atoms with van der Waals surface area (Å²) in [4.78, 5) is 45.5. The Bertz CT molecular complexity index is 2990. The Labute approximate surface area is 405 Å². The molecule has 14 nitrogen and oxygen atoms in total. The average molecular weight is 953 g/mol. The molecule has 17 heteroatoms. The zero-order valence-electron chi connectivity index (χ0n) is 39.0. The molecule has 2 aliphatic rings. The molecule has 0 atom stereocenters. The van der Waals surface area contributed by atoms with Crippen molar-refractivity contribution in [2.24, 2.45) is 12.0 Å². The Balaban J connectivity index is 0.000000174. The molecule has 7 aromatic rings. The van der Waals surface area contributed by atoms with Crippen molar-refractivity contribution in [2.45, 2.75) is 39.5 Å². The van der Waals surface area contributed by atoms with Crippen molar-refractivity contribution in [3.05, 3.63) is 144 Å². The number of nitrogen functional groups attached to an aromatic ring is 1. The lowest BCUT2D eigenvalue weighted by atomic mass is 10.1. The van der Waals surface area contributed by atoms with Crippen LogP contribution in [-0.4, -0.2) is 92.4 Å². The first-order chi connectivity index (χ1) is 33.3. The van der Waals surface area contributed by atoms with Crippen LogP contribution in [0.3, 0.4) is 0 Å². The van der Waals surface area contributed by atoms with E-state index < -0.39 is 0 Å². The highest BCUT2D eigenvalue weighted by molar-refractivity contribution is 7.78. The van der Waals surface area contributed by atoms with Crippen molar-refractivity contribution in [3.8, 4) is 23.0 Å². The molecule has 2 saturated heterocycles. The number of benzene rings is 4. The van der Waals surface area contributed by atoms with Crippen molar-refractivity contribution in [2.75, 3.05) is 62.7 Å². The second kappa shape index (κ2) is 23.5. The number of aromatic nitrogens is 4. The largest absolute Gasteiger partial charge is 0.457 e. The van der Waals surface area contributed by atoms with Crippen LogP contribution in [0.2, 0.25) is 0 Å². The highest BCUT2D eigenvalue weighted by Crippen LogP contribution is 2.30. The van der Waals surface area contributed by atoms with Gasteiger partial charge in [0, 0.05) is 62.5 Å². The zero-order chi connectivity index (χ0) is 48.9. The fourth-order valence-corrected chi connectivity index (χ4v) is 7.39. The molecule has 2 aliphatic heterocycles. The minimum absolute atomic E-state index is 0.160. The van der Waals surface area contributed by atoms with Gasteiger partial charge in [0.05, 0.1) is 70.6 Å². The summed E-state index contributed by atoms with van der Waals surface area (Å²) in [5.41, 5.74) is 12.8. The molecule has 0 saturated carbocycles. The number of hydrogen-bond donors (Lipinski definition) is 3. The maximum absolute atomic E-state index is 13.9. The number of halogens is 2. The second-order valence-corrected chi connectivity index (χ2v) is 16.9. The van der Waals surface area contributed by atoms with E-state index >= 15 is 0 Å². The summed E-state index contributed by atoms with van der Waals surface area (Å²) >= 11 is 4.37. The molecule has 0 unspecified atom stereocenters. The fourth-order valence-electron chi connectivity index (χ4n) is 7.29. The molecule has 4 aromatic carbocycles. The summed E-state index contributed by atoms with van der Waals surface area (Å²) in [6.07, 6.45) is 6.29. The molecule has 5 heterocycles. The van der Waals surface area contributed by atoms with Gasteiger partial charge in [-0.25, -0.2) is 13.8 Å². The topological polar surface area (TPSA) is 165 Å². The number of isothiocyanates is 1. The van der Waals surface area contributed by atoms with Gasteiger partial charge in [-0.05, 0) is 131 Å². The summed E-state index contributed by atoms with van der Waals surface area (Å²) in [7, 11) is 3.72. The predicted molar refractivity (Wildman–Crippen MR) is 270 cm³/mol. The zero-order valence-corrected chi connectivity index (χ0v) is 39.8. The molecule has 3 aromatic heterocycles. The van der Waals surface area contributed by atoms with E-state index in [1.54, 1.807) is 74.8 Å². The normalized spacial score (nSPS) is 13.0. The summed E-state index contributed by atoms with van der Waals surface area (Å²) in [6.45, 7) is 8.45. The molecule has 4 N–H and O–H groups in total. The molecule has 69 heavy (non-hydrogen) atoms. The first-order valence-corrected chi connectivity index (χ1v) is 22.9. The van der Waals surface area contributed by atoms with Crippen molar-refractivity contribution in [1.29, 1.82) is 0 Å². The molecule has 0 aliphatic carbocycles. The van der Waals surface area contributed by atoms with Crippen LogP contribution in [-0.2, 0) is 29.5 Å². The smallest absolute Gasteiger partial charge is 0.208 e. The quantitative estimate of drug-likeness (QED) is 0.0477. The number of carbonyl (C=O) groups excluding carboxylic acids is 2. The lowest BCUT2D eigenvalue weighted by Gasteiger charge is -2.29. The minimum Gasteiger partial charge on any atom is -0.457 e. The molecule has 0 amide bonds. The van der Waals surface area contributed by atoms with Gasteiger partial charge in [-0.3, -0.25) is 29.4 Å². The molecule has 0 bridgehead atoms. The monoisotopic (exact) mass is 952 g/mol. The van der Waals surface area contributed by atoms with E-state index in [1.165, 1.54) is 18.6 Å². The molecule has 0 spiro atoms. The number of aliphatic imine (C=N–C) groups is 1. The number of ketones is 2. The Morgan fingerprint density at radius 2 is 1.29 bits per heavy atom. The number of fused-ring (bicyclic) bond motifs is 1.